The maximum Gasteiger partial charge on any atom is 0.262 e. The summed E-state index contributed by atoms with van der Waals surface area (Å²) in [5, 5.41) is 11.7. The molecule has 1 rings (SSSR count). The van der Waals surface area contributed by atoms with Gasteiger partial charge in [0.1, 0.15) is 11.6 Å². The number of rotatable bonds is 8. The van der Waals surface area contributed by atoms with E-state index in [4.69, 9.17) is 14.7 Å². The highest BCUT2D eigenvalue weighted by Gasteiger charge is 2.09. The lowest BCUT2D eigenvalue weighted by molar-refractivity contribution is -0.116. The monoisotopic (exact) mass is 300 g/mol. The molecule has 1 aromatic carbocycles. The number of nitrogens with zero attached hydrogens (tertiary/aromatic N) is 1. The Labute approximate surface area is 130 Å². The van der Waals surface area contributed by atoms with E-state index >= 15 is 0 Å². The van der Waals surface area contributed by atoms with Gasteiger partial charge in [-0.1, -0.05) is 19.1 Å². The molecule has 0 spiro atoms. The van der Waals surface area contributed by atoms with Crippen molar-refractivity contribution in [2.24, 2.45) is 0 Å². The highest BCUT2D eigenvalue weighted by molar-refractivity contribution is 6.01. The number of nitriles is 1. The van der Waals surface area contributed by atoms with Crippen LogP contribution in [0.3, 0.4) is 0 Å². The first-order chi connectivity index (χ1) is 10.7. The summed E-state index contributed by atoms with van der Waals surface area (Å²) >= 11 is 0. The number of hydrogen-bond acceptors (Lipinski definition) is 4. The number of ether oxygens (including phenoxy) is 2. The molecule has 1 N–H and O–H groups in total. The lowest BCUT2D eigenvalue weighted by Gasteiger charge is -2.10. The van der Waals surface area contributed by atoms with E-state index in [-0.39, 0.29) is 5.57 Å². The van der Waals surface area contributed by atoms with Gasteiger partial charge in [0.05, 0.1) is 13.7 Å². The topological polar surface area (TPSA) is 71.4 Å². The Hall–Kier alpha value is -2.74. The van der Waals surface area contributed by atoms with Crippen molar-refractivity contribution in [2.75, 3.05) is 20.3 Å². The van der Waals surface area contributed by atoms with Gasteiger partial charge in [0.2, 0.25) is 0 Å². The lowest BCUT2D eigenvalue weighted by atomic mass is 10.1. The van der Waals surface area contributed by atoms with Crippen molar-refractivity contribution >= 4 is 12.0 Å². The van der Waals surface area contributed by atoms with E-state index in [2.05, 4.69) is 11.9 Å². The van der Waals surface area contributed by atoms with E-state index in [0.29, 0.717) is 30.2 Å². The van der Waals surface area contributed by atoms with Gasteiger partial charge < -0.3 is 14.8 Å². The zero-order chi connectivity index (χ0) is 16.4. The highest BCUT2D eigenvalue weighted by atomic mass is 16.5. The SMILES string of the molecule is C=CCNC(=O)/C(C#N)=C\c1ccc(OCCC)c(OC)c1. The van der Waals surface area contributed by atoms with Crippen LogP contribution < -0.4 is 14.8 Å². The minimum absolute atomic E-state index is 0.0196. The summed E-state index contributed by atoms with van der Waals surface area (Å²) in [6, 6.07) is 7.14. The molecule has 0 aromatic heterocycles. The van der Waals surface area contributed by atoms with Crippen LogP contribution in [-0.4, -0.2) is 26.2 Å². The molecule has 0 aliphatic carbocycles. The Morgan fingerprint density at radius 3 is 2.82 bits per heavy atom. The Morgan fingerprint density at radius 2 is 2.23 bits per heavy atom. The first-order valence-electron chi connectivity index (χ1n) is 6.98. The average Bonchev–Trinajstić information content (AvgIpc) is 2.55. The molecule has 0 aliphatic heterocycles. The summed E-state index contributed by atoms with van der Waals surface area (Å²) in [5.41, 5.74) is 0.706. The third-order valence-electron chi connectivity index (χ3n) is 2.73. The Morgan fingerprint density at radius 1 is 1.45 bits per heavy atom. The zero-order valence-electron chi connectivity index (χ0n) is 12.9. The molecule has 1 amide bonds. The van der Waals surface area contributed by atoms with Gasteiger partial charge in [0, 0.05) is 6.54 Å². The van der Waals surface area contributed by atoms with Crippen molar-refractivity contribution < 1.29 is 14.3 Å². The number of hydrogen-bond donors (Lipinski definition) is 1. The number of nitrogens with one attached hydrogen (secondary N) is 1. The summed E-state index contributed by atoms with van der Waals surface area (Å²) in [6.45, 7) is 6.44. The summed E-state index contributed by atoms with van der Waals surface area (Å²) < 4.78 is 10.8. The van der Waals surface area contributed by atoms with Gasteiger partial charge in [0.25, 0.3) is 5.91 Å². The fraction of sp³-hybridized carbons (Fsp3) is 0.294. The number of carbonyl (C=O) groups is 1. The summed E-state index contributed by atoms with van der Waals surface area (Å²) in [6.07, 6.45) is 3.95. The molecule has 0 saturated heterocycles. The molecule has 0 radical (unpaired) electrons. The first kappa shape index (κ1) is 17.3. The molecule has 116 valence electrons. The second-order valence-corrected chi connectivity index (χ2v) is 4.43. The van der Waals surface area contributed by atoms with Crippen molar-refractivity contribution in [3.05, 3.63) is 42.0 Å². The fourth-order valence-electron chi connectivity index (χ4n) is 1.68. The third-order valence-corrected chi connectivity index (χ3v) is 2.73. The van der Waals surface area contributed by atoms with E-state index in [1.54, 1.807) is 31.4 Å². The Bertz CT molecular complexity index is 600. The molecule has 22 heavy (non-hydrogen) atoms. The standard InChI is InChI=1S/C17H20N2O3/c1-4-8-19-17(20)14(12-18)10-13-6-7-15(22-9-5-2)16(11-13)21-3/h4,6-7,10-11H,1,5,8-9H2,2-3H3,(H,19,20)/b14-10-. The maximum absolute atomic E-state index is 11.8. The summed E-state index contributed by atoms with van der Waals surface area (Å²) in [5.74, 6) is 0.759. The second-order valence-electron chi connectivity index (χ2n) is 4.43. The van der Waals surface area contributed by atoms with Crippen molar-refractivity contribution in [3.63, 3.8) is 0 Å². The van der Waals surface area contributed by atoms with Gasteiger partial charge in [-0.3, -0.25) is 4.79 Å². The van der Waals surface area contributed by atoms with Crippen LogP contribution in [0.5, 0.6) is 11.5 Å². The lowest BCUT2D eigenvalue weighted by Crippen LogP contribution is -2.24. The van der Waals surface area contributed by atoms with Crippen LogP contribution in [0.2, 0.25) is 0 Å². The van der Waals surface area contributed by atoms with Crippen LogP contribution in [0, 0.1) is 11.3 Å². The molecule has 5 nitrogen and oxygen atoms in total. The van der Waals surface area contributed by atoms with Crippen LogP contribution in [0.25, 0.3) is 6.08 Å². The van der Waals surface area contributed by atoms with Crippen molar-refractivity contribution in [3.8, 4) is 17.6 Å². The molecule has 0 saturated carbocycles. The van der Waals surface area contributed by atoms with Gasteiger partial charge in [-0.15, -0.1) is 6.58 Å². The largest absolute Gasteiger partial charge is 0.493 e. The molecule has 1 aromatic rings. The highest BCUT2D eigenvalue weighted by Crippen LogP contribution is 2.29. The van der Waals surface area contributed by atoms with Crippen molar-refractivity contribution in [2.45, 2.75) is 13.3 Å². The van der Waals surface area contributed by atoms with Crippen LogP contribution in [0.1, 0.15) is 18.9 Å². The quantitative estimate of drug-likeness (QED) is 0.455. The number of benzene rings is 1. The molecule has 0 unspecified atom stereocenters. The first-order valence-corrected chi connectivity index (χ1v) is 6.98. The Balaban J connectivity index is 3.00. The smallest absolute Gasteiger partial charge is 0.262 e. The van der Waals surface area contributed by atoms with Gasteiger partial charge in [-0.05, 0) is 30.2 Å². The molecule has 0 atom stereocenters. The molecule has 0 aliphatic rings. The Kier molecular flexibility index (Phi) is 7.27. The normalized spacial score (nSPS) is 10.5. The number of carbonyl (C=O) groups excluding carboxylic acids is 1. The fourth-order valence-corrected chi connectivity index (χ4v) is 1.68. The predicted molar refractivity (Wildman–Crippen MR) is 85.6 cm³/mol. The molecule has 0 bridgehead atoms. The molecule has 0 heterocycles. The molecular formula is C17H20N2O3. The van der Waals surface area contributed by atoms with Crippen molar-refractivity contribution in [1.29, 1.82) is 5.26 Å². The number of methoxy groups -OCH3 is 1. The predicted octanol–water partition coefficient (Wildman–Crippen LogP) is 2.69. The average molecular weight is 300 g/mol. The van der Waals surface area contributed by atoms with Crippen LogP contribution in [0.15, 0.2) is 36.4 Å². The summed E-state index contributed by atoms with van der Waals surface area (Å²) in [7, 11) is 1.55. The van der Waals surface area contributed by atoms with E-state index in [9.17, 15) is 4.79 Å². The van der Waals surface area contributed by atoms with Crippen LogP contribution in [-0.2, 0) is 4.79 Å². The van der Waals surface area contributed by atoms with Gasteiger partial charge >= 0.3 is 0 Å². The minimum atomic E-state index is -0.437. The number of amides is 1. The third kappa shape index (κ3) is 4.98. The van der Waals surface area contributed by atoms with Crippen LogP contribution in [0.4, 0.5) is 0 Å². The zero-order valence-corrected chi connectivity index (χ0v) is 12.9. The molecule has 5 heteroatoms. The molecular weight excluding hydrogens is 280 g/mol. The van der Waals surface area contributed by atoms with E-state index in [1.165, 1.54) is 6.08 Å². The van der Waals surface area contributed by atoms with E-state index in [0.717, 1.165) is 6.42 Å². The second kappa shape index (κ2) is 9.24. The molecule has 0 fully saturated rings. The maximum atomic E-state index is 11.8. The minimum Gasteiger partial charge on any atom is -0.493 e. The van der Waals surface area contributed by atoms with E-state index < -0.39 is 5.91 Å². The van der Waals surface area contributed by atoms with Gasteiger partial charge in [-0.25, -0.2) is 0 Å². The van der Waals surface area contributed by atoms with Crippen LogP contribution >= 0.6 is 0 Å². The summed E-state index contributed by atoms with van der Waals surface area (Å²) in [4.78, 5) is 11.8. The van der Waals surface area contributed by atoms with Gasteiger partial charge in [0.15, 0.2) is 11.5 Å². The van der Waals surface area contributed by atoms with Gasteiger partial charge in [-0.2, -0.15) is 5.26 Å². The van der Waals surface area contributed by atoms with E-state index in [1.807, 2.05) is 13.0 Å². The van der Waals surface area contributed by atoms with Crippen molar-refractivity contribution in [1.82, 2.24) is 5.32 Å².